The van der Waals surface area contributed by atoms with E-state index in [4.69, 9.17) is 34.8 Å². The van der Waals surface area contributed by atoms with Crippen LogP contribution in [0, 0.1) is 0 Å². The maximum atomic E-state index is 12.4. The van der Waals surface area contributed by atoms with Gasteiger partial charge < -0.3 is 0 Å². The van der Waals surface area contributed by atoms with Crippen LogP contribution in [-0.4, -0.2) is 0 Å². The number of rotatable bonds is 1. The van der Waals surface area contributed by atoms with Gasteiger partial charge in [0.1, 0.15) is 0 Å². The first-order chi connectivity index (χ1) is 6.79. The summed E-state index contributed by atoms with van der Waals surface area (Å²) in [7, 11) is 0. The van der Waals surface area contributed by atoms with E-state index in [0.29, 0.717) is 5.56 Å². The molecule has 0 amide bonds. The summed E-state index contributed by atoms with van der Waals surface area (Å²) in [6.45, 7) is 0. The fourth-order valence-electron chi connectivity index (χ4n) is 0.962. The summed E-state index contributed by atoms with van der Waals surface area (Å²) in [5, 5.41) is -0.521. The Morgan fingerprint density at radius 3 is 2.07 bits per heavy atom. The van der Waals surface area contributed by atoms with E-state index in [2.05, 4.69) is 15.9 Å². The molecule has 0 saturated carbocycles. The normalized spacial score (nSPS) is 11.9. The minimum absolute atomic E-state index is 0.0615. The molecule has 0 unspecified atom stereocenters. The zero-order valence-electron chi connectivity index (χ0n) is 6.93. The van der Waals surface area contributed by atoms with Crippen LogP contribution in [0.3, 0.4) is 0 Å². The van der Waals surface area contributed by atoms with E-state index in [1.807, 2.05) is 0 Å². The van der Waals surface area contributed by atoms with Gasteiger partial charge in [0.25, 0.3) is 0 Å². The van der Waals surface area contributed by atoms with E-state index in [9.17, 15) is 13.2 Å². The van der Waals surface area contributed by atoms with Crippen LogP contribution in [0.25, 0.3) is 0 Å². The van der Waals surface area contributed by atoms with Gasteiger partial charge in [-0.2, -0.15) is 13.2 Å². The van der Waals surface area contributed by atoms with Crippen LogP contribution in [0.1, 0.15) is 11.1 Å². The highest BCUT2D eigenvalue weighted by Gasteiger charge is 2.35. The Balaban J connectivity index is 3.48. The van der Waals surface area contributed by atoms with Crippen LogP contribution < -0.4 is 0 Å². The minimum atomic E-state index is -4.56. The summed E-state index contributed by atoms with van der Waals surface area (Å²) in [4.78, 5) is 0. The van der Waals surface area contributed by atoms with Crippen molar-refractivity contribution in [2.45, 2.75) is 11.5 Å². The lowest BCUT2D eigenvalue weighted by Gasteiger charge is -2.13. The van der Waals surface area contributed by atoms with Gasteiger partial charge in [-0.3, -0.25) is 0 Å². The van der Waals surface area contributed by atoms with Crippen molar-refractivity contribution >= 4 is 50.7 Å². The second-order valence-corrected chi connectivity index (χ2v) is 4.37. The van der Waals surface area contributed by atoms with Gasteiger partial charge in [0.15, 0.2) is 0 Å². The number of benzene rings is 1. The van der Waals surface area contributed by atoms with Crippen molar-refractivity contribution in [1.82, 2.24) is 0 Å². The molecule has 84 valence electrons. The van der Waals surface area contributed by atoms with E-state index in [-0.39, 0.29) is 15.4 Å². The molecule has 0 heterocycles. The fourth-order valence-corrected chi connectivity index (χ4v) is 2.73. The number of hydrogen-bond acceptors (Lipinski definition) is 0. The molecular weight excluding hydrogens is 339 g/mol. The monoisotopic (exact) mass is 340 g/mol. The van der Waals surface area contributed by atoms with Gasteiger partial charge in [-0.25, -0.2) is 0 Å². The van der Waals surface area contributed by atoms with Crippen LogP contribution in [0.15, 0.2) is 6.07 Å². The van der Waals surface area contributed by atoms with Crippen molar-refractivity contribution in [1.29, 1.82) is 0 Å². The molecule has 0 N–H and O–H groups in total. The maximum absolute atomic E-state index is 12.4. The molecule has 1 aromatic rings. The Labute approximate surface area is 107 Å². The molecule has 0 fully saturated rings. The fraction of sp³-hybridized carbons (Fsp3) is 0.250. The Morgan fingerprint density at radius 2 is 1.67 bits per heavy atom. The SMILES string of the molecule is FC(F)(F)c1cc(Cl)c(CBr)c(Cl)c1Cl. The number of halogens is 7. The van der Waals surface area contributed by atoms with E-state index in [0.717, 1.165) is 6.07 Å². The molecule has 0 aliphatic heterocycles. The largest absolute Gasteiger partial charge is 0.417 e. The first-order valence-electron chi connectivity index (χ1n) is 3.58. The lowest BCUT2D eigenvalue weighted by Crippen LogP contribution is -2.07. The Hall–Kier alpha value is 0.360. The van der Waals surface area contributed by atoms with E-state index in [1.54, 1.807) is 0 Å². The van der Waals surface area contributed by atoms with Gasteiger partial charge in [-0.05, 0) is 6.07 Å². The van der Waals surface area contributed by atoms with Crippen molar-refractivity contribution in [2.75, 3.05) is 0 Å². The molecule has 0 nitrogen and oxygen atoms in total. The maximum Gasteiger partial charge on any atom is 0.417 e. The Bertz CT molecular complexity index is 390. The van der Waals surface area contributed by atoms with Crippen molar-refractivity contribution in [3.05, 3.63) is 32.3 Å². The summed E-state index contributed by atoms with van der Waals surface area (Å²) in [5.74, 6) is 0. The Kier molecular flexibility index (Phi) is 4.20. The lowest BCUT2D eigenvalue weighted by molar-refractivity contribution is -0.137. The molecule has 15 heavy (non-hydrogen) atoms. The third-order valence-electron chi connectivity index (χ3n) is 1.69. The van der Waals surface area contributed by atoms with Crippen LogP contribution in [-0.2, 0) is 11.5 Å². The zero-order valence-corrected chi connectivity index (χ0v) is 10.8. The summed E-state index contributed by atoms with van der Waals surface area (Å²) in [6.07, 6.45) is -4.56. The van der Waals surface area contributed by atoms with Gasteiger partial charge >= 0.3 is 6.18 Å². The smallest absolute Gasteiger partial charge is 0.166 e. The topological polar surface area (TPSA) is 0 Å². The van der Waals surface area contributed by atoms with Crippen LogP contribution in [0.4, 0.5) is 13.2 Å². The predicted octanol–water partition coefficient (Wildman–Crippen LogP) is 5.56. The second-order valence-electron chi connectivity index (χ2n) is 2.64. The average Bonchev–Trinajstić information content (AvgIpc) is 2.10. The molecule has 1 rings (SSSR count). The summed E-state index contributed by atoms with van der Waals surface area (Å²) >= 11 is 19.9. The Morgan fingerprint density at radius 1 is 1.13 bits per heavy atom. The van der Waals surface area contributed by atoms with Gasteiger partial charge in [0, 0.05) is 15.9 Å². The summed E-state index contributed by atoms with van der Waals surface area (Å²) in [6, 6.07) is 0.770. The first-order valence-corrected chi connectivity index (χ1v) is 5.84. The molecule has 0 aromatic heterocycles. The molecule has 0 spiro atoms. The first kappa shape index (κ1) is 13.4. The molecule has 7 heteroatoms. The molecule has 0 aliphatic rings. The zero-order chi connectivity index (χ0) is 11.8. The molecule has 0 aliphatic carbocycles. The van der Waals surface area contributed by atoms with Gasteiger partial charge in [0.2, 0.25) is 0 Å². The highest BCUT2D eigenvalue weighted by atomic mass is 79.9. The lowest BCUT2D eigenvalue weighted by atomic mass is 10.1. The van der Waals surface area contributed by atoms with Gasteiger partial charge in [-0.15, -0.1) is 0 Å². The van der Waals surface area contributed by atoms with Crippen molar-refractivity contribution in [3.63, 3.8) is 0 Å². The van der Waals surface area contributed by atoms with Gasteiger partial charge in [-0.1, -0.05) is 50.7 Å². The standard InChI is InChI=1S/C8H3BrCl3F3/c9-2-3-5(10)1-4(8(13,14)15)7(12)6(3)11/h1H,2H2. The minimum Gasteiger partial charge on any atom is -0.166 e. The van der Waals surface area contributed by atoms with Crippen LogP contribution in [0.5, 0.6) is 0 Å². The molecule has 0 saturated heterocycles. The second kappa shape index (κ2) is 4.70. The number of hydrogen-bond donors (Lipinski definition) is 0. The predicted molar refractivity (Wildman–Crippen MR) is 59.1 cm³/mol. The van der Waals surface area contributed by atoms with Crippen LogP contribution in [0.2, 0.25) is 15.1 Å². The third-order valence-corrected chi connectivity index (χ3v) is 3.50. The van der Waals surface area contributed by atoms with E-state index in [1.165, 1.54) is 0 Å². The third kappa shape index (κ3) is 2.73. The van der Waals surface area contributed by atoms with E-state index < -0.39 is 16.8 Å². The van der Waals surface area contributed by atoms with Crippen molar-refractivity contribution < 1.29 is 13.2 Å². The highest BCUT2D eigenvalue weighted by molar-refractivity contribution is 9.08. The average molecular weight is 342 g/mol. The van der Waals surface area contributed by atoms with Crippen molar-refractivity contribution in [2.24, 2.45) is 0 Å². The molecule has 0 atom stereocenters. The quantitative estimate of drug-likeness (QED) is 0.463. The van der Waals surface area contributed by atoms with Crippen LogP contribution >= 0.6 is 50.7 Å². The van der Waals surface area contributed by atoms with Crippen molar-refractivity contribution in [3.8, 4) is 0 Å². The summed E-state index contributed by atoms with van der Waals surface area (Å²) in [5.41, 5.74) is -0.680. The molecular formula is C8H3BrCl3F3. The van der Waals surface area contributed by atoms with Gasteiger partial charge in [0.05, 0.1) is 15.6 Å². The molecule has 0 bridgehead atoms. The summed E-state index contributed by atoms with van der Waals surface area (Å²) < 4.78 is 37.3. The van der Waals surface area contributed by atoms with E-state index >= 15 is 0 Å². The highest BCUT2D eigenvalue weighted by Crippen LogP contribution is 2.42. The molecule has 1 aromatic carbocycles. The number of alkyl halides is 4. The molecule has 0 radical (unpaired) electrons.